The van der Waals surface area contributed by atoms with Crippen LogP contribution in [0.5, 0.6) is 0 Å². The monoisotopic (exact) mass is 404 g/mol. The summed E-state index contributed by atoms with van der Waals surface area (Å²) < 4.78 is 39.6. The average Bonchev–Trinajstić information content (AvgIpc) is 3.11. The van der Waals surface area contributed by atoms with Crippen LogP contribution in [0.2, 0.25) is 0 Å². The van der Waals surface area contributed by atoms with Crippen LogP contribution in [-0.2, 0) is 12.6 Å². The second-order valence-corrected chi connectivity index (χ2v) is 8.95. The van der Waals surface area contributed by atoms with Gasteiger partial charge in [-0.15, -0.1) is 0 Å². The van der Waals surface area contributed by atoms with Crippen molar-refractivity contribution in [3.63, 3.8) is 0 Å². The topological polar surface area (TPSA) is 33.5 Å². The minimum Gasteiger partial charge on any atom is -0.348 e. The number of aryl methyl sites for hydroxylation is 1. The Morgan fingerprint density at radius 3 is 2.52 bits per heavy atom. The lowest BCUT2D eigenvalue weighted by atomic mass is 9.84. The Morgan fingerprint density at radius 1 is 1.17 bits per heavy atom. The molecule has 1 aromatic rings. The number of hydrogen-bond acceptors (Lipinski definition) is 4. The van der Waals surface area contributed by atoms with E-state index in [0.717, 1.165) is 69.5 Å². The maximum absolute atomic E-state index is 13.2. The number of fused-ring (bicyclic) bond motifs is 1. The van der Waals surface area contributed by atoms with Gasteiger partial charge in [-0.1, -0.05) is 6.07 Å². The molecule has 1 aromatic carbocycles. The van der Waals surface area contributed by atoms with Crippen LogP contribution in [0.15, 0.2) is 18.2 Å². The van der Waals surface area contributed by atoms with Crippen molar-refractivity contribution in [1.82, 2.24) is 14.6 Å². The van der Waals surface area contributed by atoms with Crippen LogP contribution >= 0.6 is 0 Å². The molecule has 0 N–H and O–H groups in total. The third kappa shape index (κ3) is 3.80. The lowest BCUT2D eigenvalue weighted by molar-refractivity contribution is -0.137. The number of rotatable bonds is 2. The number of piperazine rings is 1. The van der Waals surface area contributed by atoms with Gasteiger partial charge >= 0.3 is 6.18 Å². The van der Waals surface area contributed by atoms with Gasteiger partial charge in [0.05, 0.1) is 11.6 Å². The first-order valence-electron chi connectivity index (χ1n) is 10.5. The summed E-state index contributed by atoms with van der Waals surface area (Å²) in [6, 6.07) is 7.08. The molecule has 8 heteroatoms. The van der Waals surface area contributed by atoms with Crippen LogP contribution in [0.3, 0.4) is 0 Å². The lowest BCUT2D eigenvalue weighted by Gasteiger charge is -2.50. The molecule has 0 amide bonds. The van der Waals surface area contributed by atoms with Crippen LogP contribution in [0.25, 0.3) is 0 Å². The number of nitriles is 1. The Hall–Kier alpha value is -1.56. The summed E-state index contributed by atoms with van der Waals surface area (Å²) >= 11 is 0. The Kier molecular flexibility index (Phi) is 5.43. The summed E-state index contributed by atoms with van der Waals surface area (Å²) in [5.74, 6) is 0. The molecule has 0 radical (unpaired) electrons. The van der Waals surface area contributed by atoms with Gasteiger partial charge in [-0.25, -0.2) is 0 Å². The number of benzene rings is 1. The summed E-state index contributed by atoms with van der Waals surface area (Å²) in [5, 5.41) is 9.95. The van der Waals surface area contributed by atoms with Gasteiger partial charge in [-0.3, -0.25) is 9.80 Å². The molecule has 0 aromatic heterocycles. The molecule has 0 spiro atoms. The summed E-state index contributed by atoms with van der Waals surface area (Å²) in [7, 11) is 2.09. The van der Waals surface area contributed by atoms with Crippen molar-refractivity contribution < 1.29 is 13.2 Å². The van der Waals surface area contributed by atoms with Crippen LogP contribution in [0.1, 0.15) is 48.9 Å². The van der Waals surface area contributed by atoms with Gasteiger partial charge in [0, 0.05) is 31.7 Å². The van der Waals surface area contributed by atoms with Crippen molar-refractivity contribution in [3.8, 4) is 6.07 Å². The van der Waals surface area contributed by atoms with Crippen molar-refractivity contribution in [3.05, 3.63) is 34.9 Å². The summed E-state index contributed by atoms with van der Waals surface area (Å²) in [4.78, 5) is 6.97. The molecule has 2 heterocycles. The smallest absolute Gasteiger partial charge is 0.348 e. The van der Waals surface area contributed by atoms with E-state index in [1.807, 2.05) is 0 Å². The predicted molar refractivity (Wildman–Crippen MR) is 108 cm³/mol. The van der Waals surface area contributed by atoms with Gasteiger partial charge in [-0.2, -0.15) is 18.4 Å². The van der Waals surface area contributed by atoms with Gasteiger partial charge in [0.2, 0.25) is 0 Å². The van der Waals surface area contributed by atoms with E-state index in [1.165, 1.54) is 12.1 Å². The maximum atomic E-state index is 13.2. The highest BCUT2D eigenvalue weighted by atomic mass is 19.4. The zero-order valence-electron chi connectivity index (χ0n) is 17.2. The van der Waals surface area contributed by atoms with E-state index >= 15 is 0 Å². The molecule has 1 aliphatic carbocycles. The van der Waals surface area contributed by atoms with E-state index in [-0.39, 0.29) is 12.1 Å². The molecular weight excluding hydrogens is 376 g/mol. The zero-order valence-corrected chi connectivity index (χ0v) is 17.2. The molecule has 156 valence electrons. The largest absolute Gasteiger partial charge is 0.416 e. The van der Waals surface area contributed by atoms with Gasteiger partial charge in [0.25, 0.3) is 0 Å². The molecule has 2 unspecified atom stereocenters. The second-order valence-electron chi connectivity index (χ2n) is 8.95. The fraction of sp³-hybridized carbons (Fsp3) is 0.667. The van der Waals surface area contributed by atoms with Crippen LogP contribution in [-0.4, -0.2) is 66.9 Å². The SMILES string of the molecule is BN1CCC(C#N)(N2CCN(C3CCc4ccc(C(F)(F)F)cc43)C(C)C2)CC1. The van der Waals surface area contributed by atoms with Crippen LogP contribution in [0, 0.1) is 11.3 Å². The number of nitrogens with zero attached hydrogens (tertiary/aromatic N) is 4. The van der Waals surface area contributed by atoms with Gasteiger partial charge in [0.1, 0.15) is 5.54 Å². The number of alkyl halides is 3. The molecule has 0 bridgehead atoms. The van der Waals surface area contributed by atoms with Crippen molar-refractivity contribution in [2.24, 2.45) is 0 Å². The summed E-state index contributed by atoms with van der Waals surface area (Å²) in [6.07, 6.45) is -0.892. The van der Waals surface area contributed by atoms with E-state index in [2.05, 4.69) is 35.6 Å². The fourth-order valence-electron chi connectivity index (χ4n) is 5.41. The number of halogens is 3. The highest BCUT2D eigenvalue weighted by molar-refractivity contribution is 6.04. The Labute approximate surface area is 171 Å². The molecule has 29 heavy (non-hydrogen) atoms. The first kappa shape index (κ1) is 20.7. The number of piperidine rings is 1. The molecule has 4 rings (SSSR count). The van der Waals surface area contributed by atoms with E-state index in [9.17, 15) is 18.4 Å². The number of hydrogen-bond donors (Lipinski definition) is 0. The van der Waals surface area contributed by atoms with Gasteiger partial charge < -0.3 is 4.81 Å². The molecule has 2 atom stereocenters. The summed E-state index contributed by atoms with van der Waals surface area (Å²) in [6.45, 7) is 6.39. The molecule has 3 aliphatic rings. The van der Waals surface area contributed by atoms with Crippen LogP contribution in [0.4, 0.5) is 13.2 Å². The minimum absolute atomic E-state index is 0.0416. The second kappa shape index (κ2) is 7.61. The van der Waals surface area contributed by atoms with Crippen molar-refractivity contribution >= 4 is 7.98 Å². The first-order valence-corrected chi connectivity index (χ1v) is 10.5. The highest BCUT2D eigenvalue weighted by Crippen LogP contribution is 2.41. The third-order valence-corrected chi connectivity index (χ3v) is 7.23. The van der Waals surface area contributed by atoms with E-state index in [0.29, 0.717) is 0 Å². The molecule has 2 fully saturated rings. The maximum Gasteiger partial charge on any atom is 0.416 e. The zero-order chi connectivity index (χ0) is 20.8. The van der Waals surface area contributed by atoms with E-state index in [4.69, 9.17) is 0 Å². The van der Waals surface area contributed by atoms with Crippen molar-refractivity contribution in [2.75, 3.05) is 32.7 Å². The third-order valence-electron chi connectivity index (χ3n) is 7.23. The van der Waals surface area contributed by atoms with Crippen LogP contribution < -0.4 is 0 Å². The molecule has 4 nitrogen and oxygen atoms in total. The van der Waals surface area contributed by atoms with Gasteiger partial charge in [-0.05, 0) is 69.0 Å². The van der Waals surface area contributed by atoms with Crippen molar-refractivity contribution in [1.29, 1.82) is 5.26 Å². The quantitative estimate of drug-likeness (QED) is 0.710. The normalized spacial score (nSPS) is 28.8. The molecule has 0 saturated carbocycles. The van der Waals surface area contributed by atoms with E-state index in [1.54, 1.807) is 6.07 Å². The van der Waals surface area contributed by atoms with Crippen molar-refractivity contribution in [2.45, 2.75) is 56.4 Å². The minimum atomic E-state index is -4.31. The summed E-state index contributed by atoms with van der Waals surface area (Å²) in [5.41, 5.74) is 0.934. The molecule has 2 saturated heterocycles. The van der Waals surface area contributed by atoms with Gasteiger partial charge in [0.15, 0.2) is 7.98 Å². The first-order chi connectivity index (χ1) is 13.7. The highest BCUT2D eigenvalue weighted by Gasteiger charge is 2.44. The lowest BCUT2D eigenvalue weighted by Crippen LogP contribution is -2.62. The Morgan fingerprint density at radius 2 is 1.90 bits per heavy atom. The Balaban J connectivity index is 1.50. The predicted octanol–water partition coefficient (Wildman–Crippen LogP) is 2.61. The Bertz CT molecular complexity index is 798. The standard InChI is InChI=1S/C21H28BF3N4/c1-15-13-27(20(14-26)6-8-28(22)9-7-20)10-11-29(15)19-5-3-16-2-4-17(12-18(16)19)21(23,24)25/h2,4,12,15,19H,3,5-11,13,22H2,1H3. The average molecular weight is 404 g/mol. The van der Waals surface area contributed by atoms with E-state index < -0.39 is 17.3 Å². The fourth-order valence-corrected chi connectivity index (χ4v) is 5.41. The molecular formula is C21H28BF3N4. The molecule has 2 aliphatic heterocycles.